The zero-order chi connectivity index (χ0) is 18.4. The first-order valence-corrected chi connectivity index (χ1v) is 7.69. The number of carboxylic acid groups (broad SMARTS) is 1. The third-order valence-electron chi connectivity index (χ3n) is 3.93. The van der Waals surface area contributed by atoms with Crippen LogP contribution in [-0.2, 0) is 19.2 Å². The molecule has 2 atom stereocenters. The van der Waals surface area contributed by atoms with Gasteiger partial charge in [-0.05, 0) is 18.6 Å². The Kier molecular flexibility index (Phi) is 5.79. The average Bonchev–Trinajstić information content (AvgIpc) is 3.07. The molecule has 1 amide bonds. The second-order valence-electron chi connectivity index (χ2n) is 5.59. The van der Waals surface area contributed by atoms with Crippen LogP contribution >= 0.6 is 0 Å². The van der Waals surface area contributed by atoms with E-state index in [0.717, 1.165) is 0 Å². The lowest BCUT2D eigenvalue weighted by Gasteiger charge is -2.26. The zero-order valence-electron chi connectivity index (χ0n) is 13.6. The van der Waals surface area contributed by atoms with Crippen molar-refractivity contribution in [3.63, 3.8) is 0 Å². The van der Waals surface area contributed by atoms with Crippen LogP contribution in [0.4, 0.5) is 4.39 Å². The van der Waals surface area contributed by atoms with Gasteiger partial charge >= 0.3 is 5.97 Å². The van der Waals surface area contributed by atoms with Crippen molar-refractivity contribution in [3.8, 4) is 0 Å². The number of pyridine rings is 1. The fraction of sp³-hybridized carbons (Fsp3) is 0.438. The van der Waals surface area contributed by atoms with Crippen LogP contribution in [-0.4, -0.2) is 51.8 Å². The number of Topliss-reactive ketones (excluding diaryl/α,β-unsaturated/α-hetero) is 1. The molecule has 1 aromatic heterocycles. The topological polar surface area (TPSA) is 118 Å². The number of nitrogens with zero attached hydrogens (tertiary/aromatic N) is 2. The molecule has 2 unspecified atom stereocenters. The minimum absolute atomic E-state index is 0.107. The van der Waals surface area contributed by atoms with Crippen LogP contribution in [0.1, 0.15) is 31.9 Å². The minimum atomic E-state index is -1.46. The number of rotatable bonds is 8. The maximum Gasteiger partial charge on any atom is 0.305 e. The summed E-state index contributed by atoms with van der Waals surface area (Å²) in [5.41, 5.74) is -0.378. The number of aromatic nitrogens is 1. The Labute approximate surface area is 143 Å². The van der Waals surface area contributed by atoms with Gasteiger partial charge in [-0.2, -0.15) is 0 Å². The number of hydrogen-bond donors (Lipinski definition) is 2. The molecule has 2 N–H and O–H groups in total. The number of hydrogen-bond acceptors (Lipinski definition) is 6. The van der Waals surface area contributed by atoms with E-state index in [4.69, 9.17) is 9.94 Å². The maximum atomic E-state index is 12.6. The minimum Gasteiger partial charge on any atom is -0.481 e. The predicted octanol–water partition coefficient (Wildman–Crippen LogP) is 0.853. The molecule has 9 heteroatoms. The normalized spacial score (nSPS) is 20.3. The molecule has 0 radical (unpaired) electrons. The molecule has 134 valence electrons. The number of halogens is 1. The van der Waals surface area contributed by atoms with Gasteiger partial charge in [0.15, 0.2) is 5.78 Å². The molecule has 0 saturated heterocycles. The van der Waals surface area contributed by atoms with Crippen molar-refractivity contribution >= 4 is 23.4 Å². The number of alkyl halides is 1. The number of aliphatic carboxylic acids is 1. The van der Waals surface area contributed by atoms with Gasteiger partial charge in [0, 0.05) is 12.6 Å². The van der Waals surface area contributed by atoms with E-state index in [1.807, 2.05) is 0 Å². The van der Waals surface area contributed by atoms with E-state index in [9.17, 15) is 18.8 Å². The van der Waals surface area contributed by atoms with Gasteiger partial charge in [-0.3, -0.25) is 19.4 Å². The summed E-state index contributed by atoms with van der Waals surface area (Å²) in [7, 11) is 0. The molecule has 1 aromatic rings. The van der Waals surface area contributed by atoms with Gasteiger partial charge in [-0.15, -0.1) is 0 Å². The van der Waals surface area contributed by atoms with Crippen LogP contribution in [0.3, 0.4) is 0 Å². The molecule has 0 bridgehead atoms. The first-order chi connectivity index (χ1) is 11.9. The van der Waals surface area contributed by atoms with Gasteiger partial charge in [0.25, 0.3) is 5.91 Å². The van der Waals surface area contributed by atoms with Crippen LogP contribution in [0.2, 0.25) is 0 Å². The lowest BCUT2D eigenvalue weighted by atomic mass is 9.91. The van der Waals surface area contributed by atoms with Gasteiger partial charge in [0.05, 0.1) is 12.1 Å². The predicted molar refractivity (Wildman–Crippen MR) is 84.7 cm³/mol. The number of carboxylic acids is 1. The molecule has 0 spiro atoms. The molecule has 8 nitrogen and oxygen atoms in total. The monoisotopic (exact) mass is 351 g/mol. The molecule has 2 heterocycles. The molecule has 1 aliphatic heterocycles. The summed E-state index contributed by atoms with van der Waals surface area (Å²) in [6, 6.07) is 3.75. The number of ketones is 1. The second-order valence-corrected chi connectivity index (χ2v) is 5.59. The fourth-order valence-corrected chi connectivity index (χ4v) is 2.42. The number of nitrogens with one attached hydrogen (secondary N) is 1. The summed E-state index contributed by atoms with van der Waals surface area (Å²) in [6.07, 6.45) is 1.20. The lowest BCUT2D eigenvalue weighted by Crippen LogP contribution is -2.53. The molecule has 1 aliphatic rings. The van der Waals surface area contributed by atoms with Gasteiger partial charge < -0.3 is 15.3 Å². The van der Waals surface area contributed by atoms with Crippen molar-refractivity contribution in [2.24, 2.45) is 5.16 Å². The van der Waals surface area contributed by atoms with E-state index in [1.54, 1.807) is 31.3 Å². The van der Waals surface area contributed by atoms with Crippen molar-refractivity contribution < 1.29 is 28.7 Å². The first kappa shape index (κ1) is 18.5. The molecule has 2 rings (SSSR count). The van der Waals surface area contributed by atoms with E-state index in [-0.39, 0.29) is 12.8 Å². The summed E-state index contributed by atoms with van der Waals surface area (Å²) >= 11 is 0. The number of carbonyl (C=O) groups is 3. The lowest BCUT2D eigenvalue weighted by molar-refractivity contribution is -0.148. The molecular formula is C16H18FN3O5. The Morgan fingerprint density at radius 2 is 2.20 bits per heavy atom. The third kappa shape index (κ3) is 4.17. The second kappa shape index (κ2) is 7.82. The highest BCUT2D eigenvalue weighted by Gasteiger charge is 2.46. The summed E-state index contributed by atoms with van der Waals surface area (Å²) in [6.45, 7) is 0.327. The fourth-order valence-electron chi connectivity index (χ4n) is 2.42. The Bertz CT molecular complexity index is 694. The molecule has 0 aliphatic carbocycles. The Morgan fingerprint density at radius 1 is 1.44 bits per heavy atom. The smallest absolute Gasteiger partial charge is 0.305 e. The van der Waals surface area contributed by atoms with E-state index in [1.165, 1.54) is 0 Å². The highest BCUT2D eigenvalue weighted by molar-refractivity contribution is 6.05. The van der Waals surface area contributed by atoms with Gasteiger partial charge in [-0.25, -0.2) is 4.39 Å². The zero-order valence-corrected chi connectivity index (χ0v) is 13.6. The molecule has 25 heavy (non-hydrogen) atoms. The third-order valence-corrected chi connectivity index (χ3v) is 3.93. The number of carbonyl (C=O) groups excluding carboxylic acids is 2. The summed E-state index contributed by atoms with van der Waals surface area (Å²) < 4.78 is 12.6. The van der Waals surface area contributed by atoms with E-state index < -0.39 is 42.4 Å². The Balaban J connectivity index is 2.13. The van der Waals surface area contributed by atoms with E-state index in [2.05, 4.69) is 15.5 Å². The van der Waals surface area contributed by atoms with Crippen LogP contribution in [0.5, 0.6) is 0 Å². The van der Waals surface area contributed by atoms with Gasteiger partial charge in [0.1, 0.15) is 18.4 Å². The van der Waals surface area contributed by atoms with Crippen molar-refractivity contribution in [3.05, 3.63) is 30.1 Å². The first-order valence-electron chi connectivity index (χ1n) is 7.69. The SMILES string of the molecule is CCC1(C(=O)NC(CC(=O)O)C(=O)CF)CC(c2ccccn2)=NO1. The average molecular weight is 351 g/mol. The van der Waals surface area contributed by atoms with Crippen molar-refractivity contribution in [1.29, 1.82) is 0 Å². The largest absolute Gasteiger partial charge is 0.481 e. The van der Waals surface area contributed by atoms with Crippen LogP contribution in [0, 0.1) is 0 Å². The highest BCUT2D eigenvalue weighted by Crippen LogP contribution is 2.30. The number of amides is 1. The van der Waals surface area contributed by atoms with Crippen molar-refractivity contribution in [2.75, 3.05) is 6.67 Å². The van der Waals surface area contributed by atoms with Gasteiger partial charge in [0.2, 0.25) is 5.60 Å². The van der Waals surface area contributed by atoms with Gasteiger partial charge in [-0.1, -0.05) is 18.1 Å². The summed E-state index contributed by atoms with van der Waals surface area (Å²) in [4.78, 5) is 44.4. The molecule has 0 saturated carbocycles. The molecule has 0 fully saturated rings. The maximum absolute atomic E-state index is 12.6. The quantitative estimate of drug-likeness (QED) is 0.717. The van der Waals surface area contributed by atoms with E-state index >= 15 is 0 Å². The highest BCUT2D eigenvalue weighted by atomic mass is 19.1. The van der Waals surface area contributed by atoms with Crippen LogP contribution in [0.25, 0.3) is 0 Å². The van der Waals surface area contributed by atoms with Crippen LogP contribution in [0.15, 0.2) is 29.6 Å². The summed E-state index contributed by atoms with van der Waals surface area (Å²) in [5.74, 6) is -3.04. The number of oxime groups is 1. The molecule has 0 aromatic carbocycles. The standard InChI is InChI=1S/C16H18FN3O5/c1-2-16(8-12(20-25-16)10-5-3-4-6-18-10)15(24)19-11(7-14(22)23)13(21)9-17/h3-6,11H,2,7-9H2,1H3,(H,19,24)(H,22,23). The van der Waals surface area contributed by atoms with Crippen LogP contribution < -0.4 is 5.32 Å². The van der Waals surface area contributed by atoms with Crippen molar-refractivity contribution in [2.45, 2.75) is 37.8 Å². The van der Waals surface area contributed by atoms with Crippen molar-refractivity contribution in [1.82, 2.24) is 10.3 Å². The van der Waals surface area contributed by atoms with E-state index in [0.29, 0.717) is 11.4 Å². The summed E-state index contributed by atoms with van der Waals surface area (Å²) in [5, 5.41) is 15.0. The molecular weight excluding hydrogens is 333 g/mol. The Hall–Kier alpha value is -2.84. The Morgan fingerprint density at radius 3 is 2.76 bits per heavy atom.